The molecule has 0 aliphatic carbocycles. The van der Waals surface area contributed by atoms with Crippen molar-refractivity contribution < 1.29 is 55.5 Å². The fourth-order valence-electron chi connectivity index (χ4n) is 8.10. The Morgan fingerprint density at radius 2 is 1.41 bits per heavy atom. The monoisotopic (exact) mass is 1000 g/mol. The average Bonchev–Trinajstić information content (AvgIpc) is 3.69. The predicted octanol–water partition coefficient (Wildman–Crippen LogP) is 8.53. The van der Waals surface area contributed by atoms with Crippen LogP contribution in [0.5, 0.6) is 11.5 Å². The summed E-state index contributed by atoms with van der Waals surface area (Å²) >= 11 is 0. The van der Waals surface area contributed by atoms with Gasteiger partial charge in [-0.1, -0.05) is 72.8 Å². The maximum atomic E-state index is 14.2. The van der Waals surface area contributed by atoms with Crippen LogP contribution in [-0.4, -0.2) is 103 Å². The topological polar surface area (TPSA) is 185 Å². The van der Waals surface area contributed by atoms with Crippen molar-refractivity contribution in [1.29, 1.82) is 5.26 Å². The van der Waals surface area contributed by atoms with Crippen molar-refractivity contribution in [3.05, 3.63) is 154 Å². The first-order valence-electron chi connectivity index (χ1n) is 22.9. The van der Waals surface area contributed by atoms with Gasteiger partial charge < -0.3 is 43.4 Å². The third kappa shape index (κ3) is 13.6. The highest BCUT2D eigenvalue weighted by Gasteiger charge is 2.52. The molecule has 0 radical (unpaired) electrons. The van der Waals surface area contributed by atoms with E-state index in [0.29, 0.717) is 28.2 Å². The molecule has 5 aromatic rings. The van der Waals surface area contributed by atoms with Crippen molar-refractivity contribution in [2.45, 2.75) is 88.9 Å². The van der Waals surface area contributed by atoms with Gasteiger partial charge in [0.05, 0.1) is 39.9 Å². The number of hydrogen-bond donors (Lipinski definition) is 2. The van der Waals surface area contributed by atoms with Crippen molar-refractivity contribution in [3.63, 3.8) is 0 Å². The molecule has 1 unspecified atom stereocenters. The highest BCUT2D eigenvalue weighted by molar-refractivity contribution is 7.44. The predicted molar refractivity (Wildman–Crippen MR) is 259 cm³/mol. The van der Waals surface area contributed by atoms with Crippen LogP contribution in [0, 0.1) is 11.3 Å². The molecule has 0 spiro atoms. The number of carbonyl (C=O) groups is 2. The van der Waals surface area contributed by atoms with Gasteiger partial charge in [-0.25, -0.2) is 9.46 Å². The van der Waals surface area contributed by atoms with E-state index < -0.39 is 68.9 Å². The van der Waals surface area contributed by atoms with Crippen LogP contribution < -0.4 is 25.8 Å². The molecule has 2 heterocycles. The summed E-state index contributed by atoms with van der Waals surface area (Å²) in [6.07, 6.45) is -8.54. The highest BCUT2D eigenvalue weighted by atomic mass is 31.2. The van der Waals surface area contributed by atoms with E-state index in [-0.39, 0.29) is 50.6 Å². The molecule has 1 aliphatic rings. The first-order chi connectivity index (χ1) is 34.1. The first-order valence-corrected chi connectivity index (χ1v) is 24.1. The van der Waals surface area contributed by atoms with Crippen LogP contribution in [0.25, 0.3) is 0 Å². The van der Waals surface area contributed by atoms with Gasteiger partial charge in [0.25, 0.3) is 14.4 Å². The molecule has 2 amide bonds. The van der Waals surface area contributed by atoms with Crippen LogP contribution in [0.4, 0.5) is 19.0 Å². The van der Waals surface area contributed by atoms with Crippen LogP contribution >= 0.6 is 8.53 Å². The number of nitriles is 1. The summed E-state index contributed by atoms with van der Waals surface area (Å²) in [4.78, 5) is 43.1. The molecule has 20 heteroatoms. The third-order valence-corrected chi connectivity index (χ3v) is 13.5. The molecule has 0 bridgehead atoms. The number of rotatable bonds is 24. The van der Waals surface area contributed by atoms with E-state index in [2.05, 4.69) is 16.4 Å². The van der Waals surface area contributed by atoms with Gasteiger partial charge in [-0.2, -0.15) is 23.4 Å². The summed E-state index contributed by atoms with van der Waals surface area (Å²) in [5.41, 5.74) is 0.277. The van der Waals surface area contributed by atoms with Gasteiger partial charge in [-0.15, -0.1) is 0 Å². The third-order valence-electron chi connectivity index (χ3n) is 11.4. The number of ether oxygens (including phenoxy) is 5. The zero-order valence-corrected chi connectivity index (χ0v) is 41.1. The van der Waals surface area contributed by atoms with Gasteiger partial charge in [0, 0.05) is 37.0 Å². The number of benzene rings is 4. The SMILES string of the molecule is COc1ccc(C(OC[C@H]2O[C@@H](n3ccc(NC(=O)c4ccccc4)nc3=O)[C@H](OCCCNC(=O)C(F)(F)F)[C@@H]2OP(OCCC#N)N(C(C)C)C(C)C)(c2ccccc2)c2ccc(OC)cc2)cc1. The molecular weight excluding hydrogens is 945 g/mol. The van der Waals surface area contributed by atoms with Crippen LogP contribution in [-0.2, 0) is 33.7 Å². The number of anilines is 1. The smallest absolute Gasteiger partial charge is 0.471 e. The maximum Gasteiger partial charge on any atom is 0.471 e. The molecule has 6 rings (SSSR count). The minimum Gasteiger partial charge on any atom is -0.497 e. The van der Waals surface area contributed by atoms with Gasteiger partial charge in [0.1, 0.15) is 41.2 Å². The minimum absolute atomic E-state index is 0.00629. The van der Waals surface area contributed by atoms with Crippen molar-refractivity contribution in [3.8, 4) is 17.6 Å². The van der Waals surface area contributed by atoms with E-state index in [4.69, 9.17) is 32.7 Å². The second-order valence-electron chi connectivity index (χ2n) is 16.8. The van der Waals surface area contributed by atoms with E-state index in [0.717, 1.165) is 5.56 Å². The second-order valence-corrected chi connectivity index (χ2v) is 18.2. The molecule has 378 valence electrons. The Labute approximate surface area is 411 Å². The molecule has 4 aromatic carbocycles. The average molecular weight is 1000 g/mol. The first kappa shape index (κ1) is 54.1. The zero-order chi connectivity index (χ0) is 51.1. The molecule has 1 aliphatic heterocycles. The number of amides is 2. The number of alkyl halides is 3. The second kappa shape index (κ2) is 25.2. The van der Waals surface area contributed by atoms with Crippen molar-refractivity contribution >= 4 is 26.2 Å². The molecule has 1 fully saturated rings. The highest BCUT2D eigenvalue weighted by Crippen LogP contribution is 2.51. The number of carbonyl (C=O) groups excluding carboxylic acids is 2. The lowest BCUT2D eigenvalue weighted by atomic mass is 9.80. The number of hydrogen-bond acceptors (Lipinski definition) is 13. The summed E-state index contributed by atoms with van der Waals surface area (Å²) < 4.78 is 87.8. The molecule has 1 aromatic heterocycles. The molecule has 1 saturated heterocycles. The largest absolute Gasteiger partial charge is 0.497 e. The fourth-order valence-corrected chi connectivity index (χ4v) is 9.87. The number of nitrogens with one attached hydrogen (secondary N) is 2. The maximum absolute atomic E-state index is 14.2. The number of aromatic nitrogens is 2. The van der Waals surface area contributed by atoms with Crippen LogP contribution in [0.3, 0.4) is 0 Å². The van der Waals surface area contributed by atoms with Gasteiger partial charge in [0.15, 0.2) is 6.23 Å². The Morgan fingerprint density at radius 1 is 0.831 bits per heavy atom. The van der Waals surface area contributed by atoms with E-state index in [1.54, 1.807) is 44.6 Å². The van der Waals surface area contributed by atoms with E-state index in [1.165, 1.54) is 16.8 Å². The zero-order valence-electron chi connectivity index (χ0n) is 40.2. The summed E-state index contributed by atoms with van der Waals surface area (Å²) in [7, 11) is 1.10. The Morgan fingerprint density at radius 3 is 1.94 bits per heavy atom. The fraction of sp³-hybridized carbons (Fsp3) is 0.392. The van der Waals surface area contributed by atoms with Crippen molar-refractivity contribution in [1.82, 2.24) is 19.5 Å². The lowest BCUT2D eigenvalue weighted by Crippen LogP contribution is -2.43. The quantitative estimate of drug-likeness (QED) is 0.0341. The van der Waals surface area contributed by atoms with Crippen LogP contribution in [0.2, 0.25) is 0 Å². The number of nitrogens with zero attached hydrogens (tertiary/aromatic N) is 4. The Hall–Kier alpha value is -6.23. The molecule has 16 nitrogen and oxygen atoms in total. The Bertz CT molecular complexity index is 2530. The standard InChI is InChI=1S/C51H58F3N6O10P/c1-34(2)60(35(3)4)71(68-32-13-28-55)70-44-42(33-67-50(37-17-11-8-12-18-37,38-19-23-40(64-5)24-20-38)39-21-25-41(65-6)26-22-39)69-47(45(44)66-31-14-29-56-48(62)51(52,53)54)59-30-27-43(58-49(59)63)57-46(61)36-15-9-7-10-16-36/h7-12,15-27,30,34-35,42,44-45,47H,13-14,29,31-33H2,1-6H3,(H,56,62)(H,57,58,61,63)/t42-,44-,45-,47-,71?/m1/s1. The van der Waals surface area contributed by atoms with Gasteiger partial charge in [0.2, 0.25) is 0 Å². The molecular formula is C51H58F3N6O10P. The van der Waals surface area contributed by atoms with Crippen LogP contribution in [0.1, 0.15) is 73.8 Å². The van der Waals surface area contributed by atoms with Crippen molar-refractivity contribution in [2.24, 2.45) is 0 Å². The van der Waals surface area contributed by atoms with Crippen LogP contribution in [0.15, 0.2) is 126 Å². The molecule has 71 heavy (non-hydrogen) atoms. The number of halogens is 3. The van der Waals surface area contributed by atoms with E-state index in [1.807, 2.05) is 117 Å². The van der Waals surface area contributed by atoms with Crippen molar-refractivity contribution in [2.75, 3.05) is 45.9 Å². The summed E-state index contributed by atoms with van der Waals surface area (Å²) in [5, 5.41) is 14.0. The normalized spacial score (nSPS) is 17.5. The molecule has 2 N–H and O–H groups in total. The Kier molecular flexibility index (Phi) is 19.2. The van der Waals surface area contributed by atoms with E-state index in [9.17, 15) is 32.8 Å². The summed E-state index contributed by atoms with van der Waals surface area (Å²) in [6, 6.07) is 35.9. The Balaban J connectivity index is 1.47. The van der Waals surface area contributed by atoms with E-state index >= 15 is 0 Å². The van der Waals surface area contributed by atoms with Gasteiger partial charge in [-0.3, -0.25) is 14.2 Å². The lowest BCUT2D eigenvalue weighted by Gasteiger charge is -2.39. The number of methoxy groups -OCH3 is 2. The molecule has 0 saturated carbocycles. The van der Waals surface area contributed by atoms with Gasteiger partial charge in [-0.05, 0) is 93.3 Å². The summed E-state index contributed by atoms with van der Waals surface area (Å²) in [5.74, 6) is -1.44. The summed E-state index contributed by atoms with van der Waals surface area (Å²) in [6.45, 7) is 6.99. The minimum atomic E-state index is -5.09. The van der Waals surface area contributed by atoms with Gasteiger partial charge >= 0.3 is 17.8 Å². The molecule has 5 atom stereocenters. The lowest BCUT2D eigenvalue weighted by molar-refractivity contribution is -0.173.